The van der Waals surface area contributed by atoms with E-state index in [1.165, 1.54) is 0 Å². The highest BCUT2D eigenvalue weighted by Crippen LogP contribution is 2.36. The van der Waals surface area contributed by atoms with Crippen LogP contribution in [0.3, 0.4) is 0 Å². The molecule has 1 aliphatic rings. The largest absolute Gasteiger partial charge is 0.486 e. The summed E-state index contributed by atoms with van der Waals surface area (Å²) in [5.74, 6) is 0.0129. The predicted molar refractivity (Wildman–Crippen MR) is 125 cm³/mol. The third-order valence-electron chi connectivity index (χ3n) is 4.50. The Morgan fingerprint density at radius 3 is 2.48 bits per heavy atom. The van der Waals surface area contributed by atoms with Crippen molar-refractivity contribution in [2.45, 2.75) is 6.61 Å². The summed E-state index contributed by atoms with van der Waals surface area (Å²) < 4.78 is 6.48. The molecule has 156 valence electrons. The molecule has 5 nitrogen and oxygen atoms in total. The van der Waals surface area contributed by atoms with Gasteiger partial charge >= 0.3 is 6.03 Å². The Morgan fingerprint density at radius 2 is 1.77 bits per heavy atom. The van der Waals surface area contributed by atoms with Crippen LogP contribution in [-0.2, 0) is 11.4 Å². The number of rotatable bonds is 5. The molecule has 0 saturated carbocycles. The first-order valence-corrected chi connectivity index (χ1v) is 10.8. The minimum Gasteiger partial charge on any atom is -0.486 e. The number of imide groups is 1. The Morgan fingerprint density at radius 1 is 1.00 bits per heavy atom. The number of halogens is 3. The van der Waals surface area contributed by atoms with Gasteiger partial charge in [0, 0.05) is 5.02 Å². The Kier molecular flexibility index (Phi) is 6.32. The van der Waals surface area contributed by atoms with Crippen LogP contribution in [0.5, 0.6) is 5.75 Å². The third kappa shape index (κ3) is 4.77. The maximum absolute atomic E-state index is 12.8. The highest BCUT2D eigenvalue weighted by Gasteiger charge is 2.35. The van der Waals surface area contributed by atoms with Gasteiger partial charge in [0.25, 0.3) is 5.91 Å². The Hall–Kier alpha value is -2.80. The second kappa shape index (κ2) is 9.14. The van der Waals surface area contributed by atoms with Crippen LogP contribution in [-0.4, -0.2) is 11.9 Å². The van der Waals surface area contributed by atoms with Crippen LogP contribution in [0.2, 0.25) is 10.0 Å². The van der Waals surface area contributed by atoms with E-state index in [4.69, 9.17) is 27.9 Å². The SMILES string of the molecule is O=C1N/C(=C/c2cc(Cl)c(OCc3ccccc3)c(Br)c2)C(=O)N1c1cccc(Cl)c1. The molecule has 1 heterocycles. The van der Waals surface area contributed by atoms with Gasteiger partial charge in [0.2, 0.25) is 0 Å². The smallest absolute Gasteiger partial charge is 0.333 e. The van der Waals surface area contributed by atoms with Crippen molar-refractivity contribution >= 4 is 62.8 Å². The second-order valence-electron chi connectivity index (χ2n) is 6.70. The zero-order valence-electron chi connectivity index (χ0n) is 15.9. The van der Waals surface area contributed by atoms with E-state index in [1.807, 2.05) is 30.3 Å². The molecule has 4 rings (SSSR count). The van der Waals surface area contributed by atoms with Crippen molar-refractivity contribution in [3.05, 3.63) is 98.1 Å². The molecule has 3 amide bonds. The molecule has 0 radical (unpaired) electrons. The van der Waals surface area contributed by atoms with Gasteiger partial charge in [-0.25, -0.2) is 9.69 Å². The van der Waals surface area contributed by atoms with Gasteiger partial charge in [0.15, 0.2) is 5.75 Å². The van der Waals surface area contributed by atoms with E-state index in [2.05, 4.69) is 21.2 Å². The normalized spacial score (nSPS) is 14.8. The van der Waals surface area contributed by atoms with Crippen molar-refractivity contribution in [1.29, 1.82) is 0 Å². The highest BCUT2D eigenvalue weighted by molar-refractivity contribution is 9.10. The summed E-state index contributed by atoms with van der Waals surface area (Å²) in [6.45, 7) is 0.364. The number of amides is 3. The molecule has 0 spiro atoms. The summed E-state index contributed by atoms with van der Waals surface area (Å²) in [4.78, 5) is 26.2. The fourth-order valence-electron chi connectivity index (χ4n) is 3.08. The van der Waals surface area contributed by atoms with Gasteiger partial charge < -0.3 is 10.1 Å². The minimum absolute atomic E-state index is 0.130. The highest BCUT2D eigenvalue weighted by atomic mass is 79.9. The van der Waals surface area contributed by atoms with E-state index in [1.54, 1.807) is 42.5 Å². The average molecular weight is 518 g/mol. The number of hydrogen-bond donors (Lipinski definition) is 1. The molecule has 31 heavy (non-hydrogen) atoms. The molecular formula is C23H15BrCl2N2O3. The summed E-state index contributed by atoms with van der Waals surface area (Å²) in [6.07, 6.45) is 1.56. The molecule has 1 saturated heterocycles. The molecule has 0 aromatic heterocycles. The minimum atomic E-state index is -0.550. The number of anilines is 1. The van der Waals surface area contributed by atoms with Crippen molar-refractivity contribution in [3.8, 4) is 5.75 Å². The lowest BCUT2D eigenvalue weighted by molar-refractivity contribution is -0.113. The topological polar surface area (TPSA) is 58.6 Å². The summed E-state index contributed by atoms with van der Waals surface area (Å²) in [5.41, 5.74) is 2.16. The maximum atomic E-state index is 12.8. The first-order chi connectivity index (χ1) is 14.9. The van der Waals surface area contributed by atoms with Crippen molar-refractivity contribution in [1.82, 2.24) is 5.32 Å². The summed E-state index contributed by atoms with van der Waals surface area (Å²) in [7, 11) is 0. The molecule has 0 aliphatic carbocycles. The average Bonchev–Trinajstić information content (AvgIpc) is 3.01. The fraction of sp³-hybridized carbons (Fsp3) is 0.0435. The molecule has 3 aromatic carbocycles. The van der Waals surface area contributed by atoms with Gasteiger partial charge in [-0.1, -0.05) is 59.6 Å². The van der Waals surface area contributed by atoms with Crippen LogP contribution in [0.4, 0.5) is 10.5 Å². The fourth-order valence-corrected chi connectivity index (χ4v) is 4.26. The lowest BCUT2D eigenvalue weighted by atomic mass is 10.1. The molecule has 1 aliphatic heterocycles. The Labute approximate surface area is 197 Å². The van der Waals surface area contributed by atoms with E-state index in [0.29, 0.717) is 38.1 Å². The van der Waals surface area contributed by atoms with Gasteiger partial charge in [-0.3, -0.25) is 4.79 Å². The first kappa shape index (κ1) is 21.4. The zero-order chi connectivity index (χ0) is 22.0. The number of hydrogen-bond acceptors (Lipinski definition) is 3. The number of nitrogens with one attached hydrogen (secondary N) is 1. The van der Waals surface area contributed by atoms with Crippen LogP contribution in [0.1, 0.15) is 11.1 Å². The Balaban J connectivity index is 1.56. The standard InChI is InChI=1S/C23H15BrCl2N2O3/c24-18-9-15(10-19(26)21(18)31-13-14-5-2-1-3-6-14)11-20-22(29)28(23(30)27-20)17-8-4-7-16(25)12-17/h1-12H,13H2,(H,27,30)/b20-11+. The van der Waals surface area contributed by atoms with E-state index in [9.17, 15) is 9.59 Å². The second-order valence-corrected chi connectivity index (χ2v) is 8.39. The van der Waals surface area contributed by atoms with Crippen LogP contribution in [0.15, 0.2) is 76.9 Å². The molecule has 0 unspecified atom stereocenters. The number of nitrogens with zero attached hydrogens (tertiary/aromatic N) is 1. The number of benzene rings is 3. The van der Waals surface area contributed by atoms with Crippen LogP contribution in [0.25, 0.3) is 6.08 Å². The number of urea groups is 1. The van der Waals surface area contributed by atoms with Crippen molar-refractivity contribution in [2.75, 3.05) is 4.90 Å². The summed E-state index contributed by atoms with van der Waals surface area (Å²) >= 11 is 15.9. The van der Waals surface area contributed by atoms with Crippen molar-refractivity contribution < 1.29 is 14.3 Å². The van der Waals surface area contributed by atoms with Crippen LogP contribution < -0.4 is 15.0 Å². The predicted octanol–water partition coefficient (Wildman–Crippen LogP) is 6.43. The molecule has 0 atom stereocenters. The van der Waals surface area contributed by atoms with E-state index < -0.39 is 11.9 Å². The molecule has 1 fully saturated rings. The lowest BCUT2D eigenvalue weighted by Crippen LogP contribution is -2.30. The van der Waals surface area contributed by atoms with Gasteiger partial charge in [-0.15, -0.1) is 0 Å². The lowest BCUT2D eigenvalue weighted by Gasteiger charge is -2.12. The first-order valence-electron chi connectivity index (χ1n) is 9.21. The van der Waals surface area contributed by atoms with Crippen molar-refractivity contribution in [2.24, 2.45) is 0 Å². The summed E-state index contributed by atoms with van der Waals surface area (Å²) in [5, 5.41) is 3.39. The van der Waals surface area contributed by atoms with Crippen LogP contribution >= 0.6 is 39.1 Å². The van der Waals surface area contributed by atoms with Gasteiger partial charge in [-0.2, -0.15) is 0 Å². The monoisotopic (exact) mass is 516 g/mol. The zero-order valence-corrected chi connectivity index (χ0v) is 19.0. The van der Waals surface area contributed by atoms with Gasteiger partial charge in [0.1, 0.15) is 12.3 Å². The van der Waals surface area contributed by atoms with Crippen molar-refractivity contribution in [3.63, 3.8) is 0 Å². The quantitative estimate of drug-likeness (QED) is 0.313. The molecule has 3 aromatic rings. The number of carbonyl (C=O) groups excluding carboxylic acids is 2. The molecular weight excluding hydrogens is 503 g/mol. The number of ether oxygens (including phenoxy) is 1. The maximum Gasteiger partial charge on any atom is 0.333 e. The van der Waals surface area contributed by atoms with Gasteiger partial charge in [0.05, 0.1) is 15.2 Å². The Bertz CT molecular complexity index is 1180. The molecule has 1 N–H and O–H groups in total. The number of carbonyl (C=O) groups is 2. The van der Waals surface area contributed by atoms with E-state index in [0.717, 1.165) is 10.5 Å². The third-order valence-corrected chi connectivity index (χ3v) is 5.61. The van der Waals surface area contributed by atoms with E-state index >= 15 is 0 Å². The summed E-state index contributed by atoms with van der Waals surface area (Å²) in [6, 6.07) is 19.1. The van der Waals surface area contributed by atoms with Crippen LogP contribution in [0, 0.1) is 0 Å². The van der Waals surface area contributed by atoms with Gasteiger partial charge in [-0.05, 0) is 63.5 Å². The molecule has 8 heteroatoms. The van der Waals surface area contributed by atoms with E-state index in [-0.39, 0.29) is 5.70 Å². The molecule has 0 bridgehead atoms.